The van der Waals surface area contributed by atoms with Gasteiger partial charge >= 0.3 is 6.03 Å². The highest BCUT2D eigenvalue weighted by molar-refractivity contribution is 6.06. The molecule has 0 aromatic carbocycles. The second-order valence-corrected chi connectivity index (χ2v) is 5.94. The Labute approximate surface area is 141 Å². The Kier molecular flexibility index (Phi) is 3.21. The van der Waals surface area contributed by atoms with Gasteiger partial charge in [-0.1, -0.05) is 6.07 Å². The molecule has 3 aromatic rings. The quantitative estimate of drug-likeness (QED) is 0.725. The second-order valence-electron chi connectivity index (χ2n) is 5.94. The molecule has 8 nitrogen and oxygen atoms in total. The zero-order chi connectivity index (χ0) is 17.6. The van der Waals surface area contributed by atoms with Crippen LogP contribution in [0, 0.1) is 0 Å². The lowest BCUT2D eigenvalue weighted by Gasteiger charge is -2.18. The van der Waals surface area contributed by atoms with Crippen LogP contribution in [0.4, 0.5) is 4.79 Å². The van der Waals surface area contributed by atoms with Crippen molar-refractivity contribution in [1.82, 2.24) is 19.6 Å². The molecule has 0 saturated carbocycles. The molecule has 0 bridgehead atoms. The Morgan fingerprint density at radius 1 is 1.20 bits per heavy atom. The number of rotatable bonds is 3. The van der Waals surface area contributed by atoms with Crippen LogP contribution in [-0.2, 0) is 16.9 Å². The first-order valence-corrected chi connectivity index (χ1v) is 7.64. The van der Waals surface area contributed by atoms with Gasteiger partial charge in [-0.05, 0) is 31.2 Å². The molecule has 1 aliphatic heterocycles. The van der Waals surface area contributed by atoms with Gasteiger partial charge in [-0.2, -0.15) is 0 Å². The molecule has 1 atom stereocenters. The van der Waals surface area contributed by atoms with Gasteiger partial charge in [0.05, 0.1) is 18.5 Å². The predicted octanol–water partition coefficient (Wildman–Crippen LogP) is 1.25. The normalized spacial score (nSPS) is 20.3. The lowest BCUT2D eigenvalue weighted by Crippen LogP contribution is -2.40. The van der Waals surface area contributed by atoms with E-state index in [0.29, 0.717) is 17.1 Å². The number of hydrogen-bond donors (Lipinski definition) is 1. The van der Waals surface area contributed by atoms with Gasteiger partial charge < -0.3 is 9.73 Å². The number of urea groups is 1. The Balaban J connectivity index is 1.68. The first-order valence-electron chi connectivity index (χ1n) is 7.64. The molecule has 1 N–H and O–H groups in total. The van der Waals surface area contributed by atoms with Crippen molar-refractivity contribution < 1.29 is 14.0 Å². The first kappa shape index (κ1) is 15.1. The van der Waals surface area contributed by atoms with Gasteiger partial charge in [0.2, 0.25) is 0 Å². The molecule has 3 aromatic heterocycles. The van der Waals surface area contributed by atoms with Gasteiger partial charge in [0.25, 0.3) is 11.5 Å². The van der Waals surface area contributed by atoms with Gasteiger partial charge in [-0.25, -0.2) is 9.78 Å². The van der Waals surface area contributed by atoms with Crippen molar-refractivity contribution in [3.63, 3.8) is 0 Å². The molecular formula is C17H14N4O4. The number of nitrogens with zero attached hydrogens (tertiary/aromatic N) is 3. The van der Waals surface area contributed by atoms with Gasteiger partial charge in [-0.3, -0.25) is 18.9 Å². The van der Waals surface area contributed by atoms with Crippen molar-refractivity contribution in [1.29, 1.82) is 0 Å². The molecule has 8 heteroatoms. The average Bonchev–Trinajstić information content (AvgIpc) is 3.20. The molecule has 1 saturated heterocycles. The topological polar surface area (TPSA) is 96.9 Å². The number of aromatic nitrogens is 2. The summed E-state index contributed by atoms with van der Waals surface area (Å²) < 4.78 is 6.67. The van der Waals surface area contributed by atoms with Crippen LogP contribution in [0.15, 0.2) is 58.1 Å². The van der Waals surface area contributed by atoms with E-state index in [4.69, 9.17) is 4.42 Å². The van der Waals surface area contributed by atoms with E-state index in [2.05, 4.69) is 10.3 Å². The summed E-state index contributed by atoms with van der Waals surface area (Å²) in [5.74, 6) is -0.109. The minimum Gasteiger partial charge on any atom is -0.466 e. The average molecular weight is 338 g/mol. The standard InChI is InChI=1S/C17H14N4O4/c1-17(12-5-4-8-25-12)15(23)21(16(24)19-17)10-11-9-14(22)20-7-3-2-6-13(20)18-11/h2-9H,10H2,1H3,(H,19,24). The van der Waals surface area contributed by atoms with Crippen LogP contribution in [-0.4, -0.2) is 26.2 Å². The summed E-state index contributed by atoms with van der Waals surface area (Å²) in [6.07, 6.45) is 3.05. The maximum atomic E-state index is 12.8. The molecular weight excluding hydrogens is 324 g/mol. The van der Waals surface area contributed by atoms with Crippen LogP contribution >= 0.6 is 0 Å². The Morgan fingerprint density at radius 2 is 2.04 bits per heavy atom. The lowest BCUT2D eigenvalue weighted by molar-refractivity contribution is -0.132. The van der Waals surface area contributed by atoms with Crippen LogP contribution < -0.4 is 10.9 Å². The molecule has 25 heavy (non-hydrogen) atoms. The monoisotopic (exact) mass is 338 g/mol. The lowest BCUT2D eigenvalue weighted by atomic mass is 9.99. The summed E-state index contributed by atoms with van der Waals surface area (Å²) in [5.41, 5.74) is -0.761. The van der Waals surface area contributed by atoms with E-state index in [0.717, 1.165) is 4.90 Å². The molecule has 0 spiro atoms. The van der Waals surface area contributed by atoms with Gasteiger partial charge in [0.1, 0.15) is 11.4 Å². The summed E-state index contributed by atoms with van der Waals surface area (Å²) >= 11 is 0. The minimum absolute atomic E-state index is 0.0956. The van der Waals surface area contributed by atoms with Gasteiger partial charge in [0, 0.05) is 12.3 Å². The number of furan rings is 1. The van der Waals surface area contributed by atoms with Crippen LogP contribution in [0.3, 0.4) is 0 Å². The van der Waals surface area contributed by atoms with Crippen molar-refractivity contribution in [3.8, 4) is 0 Å². The highest BCUT2D eigenvalue weighted by atomic mass is 16.3. The van der Waals surface area contributed by atoms with E-state index in [9.17, 15) is 14.4 Å². The zero-order valence-corrected chi connectivity index (χ0v) is 13.3. The van der Waals surface area contributed by atoms with Crippen molar-refractivity contribution in [2.75, 3.05) is 0 Å². The van der Waals surface area contributed by atoms with Crippen molar-refractivity contribution in [3.05, 3.63) is 70.7 Å². The number of nitrogens with one attached hydrogen (secondary N) is 1. The van der Waals surface area contributed by atoms with Crippen LogP contribution in [0.25, 0.3) is 5.65 Å². The number of amides is 3. The number of imide groups is 1. The largest absolute Gasteiger partial charge is 0.466 e. The number of carbonyl (C=O) groups excluding carboxylic acids is 2. The molecule has 3 amide bonds. The fraction of sp³-hybridized carbons (Fsp3) is 0.176. The second kappa shape index (κ2) is 5.30. The number of pyridine rings is 1. The van der Waals surface area contributed by atoms with Crippen LogP contribution in [0.1, 0.15) is 18.4 Å². The van der Waals surface area contributed by atoms with E-state index in [1.165, 1.54) is 16.7 Å². The van der Waals surface area contributed by atoms with Crippen LogP contribution in [0.2, 0.25) is 0 Å². The fourth-order valence-electron chi connectivity index (χ4n) is 2.92. The Bertz CT molecular complexity index is 1040. The summed E-state index contributed by atoms with van der Waals surface area (Å²) in [6.45, 7) is 1.48. The summed E-state index contributed by atoms with van der Waals surface area (Å²) in [6, 6.07) is 9.20. The maximum Gasteiger partial charge on any atom is 0.325 e. The van der Waals surface area contributed by atoms with Gasteiger partial charge in [0.15, 0.2) is 5.54 Å². The number of fused-ring (bicyclic) bond motifs is 1. The summed E-state index contributed by atoms with van der Waals surface area (Å²) in [4.78, 5) is 42.6. The van der Waals surface area contributed by atoms with E-state index < -0.39 is 17.5 Å². The Hall–Kier alpha value is -3.42. The molecule has 4 heterocycles. The van der Waals surface area contributed by atoms with Gasteiger partial charge in [-0.15, -0.1) is 0 Å². The summed E-state index contributed by atoms with van der Waals surface area (Å²) in [5, 5.41) is 2.64. The highest BCUT2D eigenvalue weighted by Crippen LogP contribution is 2.29. The van der Waals surface area contributed by atoms with E-state index in [-0.39, 0.29) is 12.1 Å². The smallest absolute Gasteiger partial charge is 0.325 e. The Morgan fingerprint density at radius 3 is 2.80 bits per heavy atom. The predicted molar refractivity (Wildman–Crippen MR) is 86.6 cm³/mol. The minimum atomic E-state index is -1.27. The molecule has 0 aliphatic carbocycles. The molecule has 1 aliphatic rings. The van der Waals surface area contributed by atoms with E-state index >= 15 is 0 Å². The summed E-state index contributed by atoms with van der Waals surface area (Å²) in [7, 11) is 0. The van der Waals surface area contributed by atoms with E-state index in [1.54, 1.807) is 43.5 Å². The third kappa shape index (κ3) is 2.30. The zero-order valence-electron chi connectivity index (χ0n) is 13.3. The van der Waals surface area contributed by atoms with E-state index in [1.807, 2.05) is 0 Å². The fourth-order valence-corrected chi connectivity index (χ4v) is 2.92. The third-order valence-electron chi connectivity index (χ3n) is 4.23. The molecule has 1 unspecified atom stereocenters. The van der Waals surface area contributed by atoms with Crippen LogP contribution in [0.5, 0.6) is 0 Å². The molecule has 0 radical (unpaired) electrons. The molecule has 4 rings (SSSR count). The highest BCUT2D eigenvalue weighted by Gasteiger charge is 2.51. The number of carbonyl (C=O) groups is 2. The maximum absolute atomic E-state index is 12.8. The third-order valence-corrected chi connectivity index (χ3v) is 4.23. The molecule has 1 fully saturated rings. The van der Waals surface area contributed by atoms with Crippen molar-refractivity contribution in [2.45, 2.75) is 19.0 Å². The van der Waals surface area contributed by atoms with Crippen molar-refractivity contribution in [2.24, 2.45) is 0 Å². The van der Waals surface area contributed by atoms with Crippen molar-refractivity contribution >= 4 is 17.6 Å². The molecule has 126 valence electrons. The number of hydrogen-bond acceptors (Lipinski definition) is 5. The SMILES string of the molecule is CC1(c2ccco2)NC(=O)N(Cc2cc(=O)n3ccccc3n2)C1=O. The first-order chi connectivity index (χ1) is 12.0.